The quantitative estimate of drug-likeness (QED) is 0.127. The van der Waals surface area contributed by atoms with E-state index in [0.717, 1.165) is 19.3 Å². The van der Waals surface area contributed by atoms with Crippen molar-refractivity contribution in [2.75, 3.05) is 18.8 Å². The molecule has 52 heavy (non-hydrogen) atoms. The van der Waals surface area contributed by atoms with Crippen LogP contribution in [0.3, 0.4) is 0 Å². The van der Waals surface area contributed by atoms with Gasteiger partial charge in [-0.15, -0.1) is 18.9 Å². The van der Waals surface area contributed by atoms with Crippen LogP contribution in [0.4, 0.5) is 4.79 Å². The highest BCUT2D eigenvalue weighted by Gasteiger charge is 2.48. The molecule has 4 N–H and O–H groups in total. The number of amides is 5. The molecule has 14 heteroatoms. The van der Waals surface area contributed by atoms with Crippen LogP contribution >= 0.6 is 0 Å². The smallest absolute Gasteiger partial charge is 0.315 e. The maximum absolute atomic E-state index is 14.6. The number of carbonyl (C=O) groups excluding carboxylic acids is 5. The number of hydrogen-bond acceptors (Lipinski definition) is 8. The molecule has 5 amide bonds. The van der Waals surface area contributed by atoms with Crippen LogP contribution in [0.15, 0.2) is 42.1 Å². The number of nitrogens with one attached hydrogen (secondary N) is 4. The molecule has 2 fully saturated rings. The number of Topliss-reactive ketones (excluding diaryl/α,β-unsaturated/α-hetero) is 1. The van der Waals surface area contributed by atoms with Gasteiger partial charge in [-0.1, -0.05) is 72.9 Å². The second-order valence-corrected chi connectivity index (χ2v) is 17.9. The van der Waals surface area contributed by atoms with Gasteiger partial charge in [0.15, 0.2) is 14.9 Å². The van der Waals surface area contributed by atoms with Gasteiger partial charge in [0, 0.05) is 25.7 Å². The van der Waals surface area contributed by atoms with Crippen molar-refractivity contribution in [1.82, 2.24) is 31.2 Å². The van der Waals surface area contributed by atoms with Crippen LogP contribution in [0.5, 0.6) is 0 Å². The molecule has 1 aromatic rings. The number of ketones is 1. The van der Waals surface area contributed by atoms with Crippen molar-refractivity contribution in [3.8, 4) is 12.3 Å². The van der Waals surface area contributed by atoms with Gasteiger partial charge in [-0.2, -0.15) is 0 Å². The van der Waals surface area contributed by atoms with Crippen molar-refractivity contribution >= 4 is 39.4 Å². The summed E-state index contributed by atoms with van der Waals surface area (Å²) in [6.45, 7) is 15.1. The molecule has 286 valence electrons. The maximum atomic E-state index is 14.6. The number of nitrogens with zero attached hydrogens (tertiary/aromatic N) is 2. The van der Waals surface area contributed by atoms with Crippen LogP contribution in [-0.2, 0) is 29.0 Å². The number of terminal acetylenes is 1. The summed E-state index contributed by atoms with van der Waals surface area (Å²) in [7, 11) is -3.86. The van der Waals surface area contributed by atoms with E-state index in [9.17, 15) is 32.4 Å². The predicted octanol–water partition coefficient (Wildman–Crippen LogP) is 3.30. The number of pyridine rings is 1. The second-order valence-electron chi connectivity index (χ2n) is 15.9. The van der Waals surface area contributed by atoms with Crippen LogP contribution in [0.25, 0.3) is 0 Å². The average Bonchev–Trinajstić information content (AvgIpc) is 3.08. The van der Waals surface area contributed by atoms with Crippen LogP contribution in [0, 0.1) is 29.1 Å². The predicted molar refractivity (Wildman–Crippen MR) is 198 cm³/mol. The van der Waals surface area contributed by atoms with Crippen LogP contribution in [0.1, 0.15) is 92.9 Å². The van der Waals surface area contributed by atoms with E-state index in [1.807, 2.05) is 20.8 Å². The normalized spacial score (nSPS) is 21.0. The molecule has 1 saturated heterocycles. The second kappa shape index (κ2) is 17.5. The molecule has 2 heterocycles. The lowest BCUT2D eigenvalue weighted by Gasteiger charge is -2.49. The van der Waals surface area contributed by atoms with E-state index in [2.05, 4.69) is 38.8 Å². The molecule has 4 atom stereocenters. The highest BCUT2D eigenvalue weighted by Crippen LogP contribution is 2.40. The fourth-order valence-electron chi connectivity index (χ4n) is 6.86. The third kappa shape index (κ3) is 10.9. The molecule has 2 aliphatic rings. The summed E-state index contributed by atoms with van der Waals surface area (Å²) in [5.74, 6) is -0.811. The Labute approximate surface area is 308 Å². The molecule has 13 nitrogen and oxygen atoms in total. The van der Waals surface area contributed by atoms with E-state index >= 15 is 0 Å². The number of aromatic nitrogens is 1. The minimum absolute atomic E-state index is 0.0210. The number of rotatable bonds is 14. The fourth-order valence-corrected chi connectivity index (χ4v) is 8.60. The van der Waals surface area contributed by atoms with Crippen molar-refractivity contribution in [2.45, 2.75) is 122 Å². The summed E-state index contributed by atoms with van der Waals surface area (Å²) < 4.78 is 26.9. The Morgan fingerprint density at radius 2 is 1.79 bits per heavy atom. The monoisotopic (exact) mass is 740 g/mol. The molecule has 1 saturated carbocycles. The standard InChI is InChI=1S/C38H56N6O7S/c1-9-11-17-27(30(45)33(47)40-21-10-2)41-32(46)28-23-37(7,8)26(3)24-44(28)34(48)31(36(4,5)6)42-35(49)43-38(19-14-12-15-20-38)25-52(50,51)29-18-13-16-22-39-29/h1,10,13,16,18,22,26-28,31H,2,11-12,14-15,17,19-21,23-25H2,3-8H3,(H,40,47)(H,41,46)(H2,42,43,49)/t26?,27?,28-,31+/m0/s1. The first-order valence-corrected chi connectivity index (χ1v) is 19.6. The van der Waals surface area contributed by atoms with Gasteiger partial charge >= 0.3 is 6.03 Å². The molecule has 3 rings (SSSR count). The Morgan fingerprint density at radius 3 is 2.37 bits per heavy atom. The van der Waals surface area contributed by atoms with Crippen molar-refractivity contribution in [3.63, 3.8) is 0 Å². The van der Waals surface area contributed by atoms with E-state index < -0.39 is 68.5 Å². The van der Waals surface area contributed by atoms with Crippen LogP contribution < -0.4 is 21.3 Å². The summed E-state index contributed by atoms with van der Waals surface area (Å²) in [6.07, 6.45) is 11.9. The molecule has 1 aliphatic carbocycles. The first kappa shape index (κ1) is 42.2. The fraction of sp³-hybridized carbons (Fsp3) is 0.632. The molecular formula is C38H56N6O7S. The van der Waals surface area contributed by atoms with Gasteiger partial charge in [0.25, 0.3) is 5.91 Å². The summed E-state index contributed by atoms with van der Waals surface area (Å²) >= 11 is 0. The van der Waals surface area contributed by atoms with E-state index in [1.165, 1.54) is 23.2 Å². The third-order valence-electron chi connectivity index (χ3n) is 10.3. The Kier molecular flexibility index (Phi) is 14.2. The van der Waals surface area contributed by atoms with Crippen molar-refractivity contribution < 1.29 is 32.4 Å². The number of sulfone groups is 1. The molecule has 0 bridgehead atoms. The highest BCUT2D eigenvalue weighted by atomic mass is 32.2. The first-order chi connectivity index (χ1) is 24.3. The van der Waals surface area contributed by atoms with Crippen molar-refractivity contribution in [3.05, 3.63) is 37.1 Å². The molecule has 0 aromatic carbocycles. The summed E-state index contributed by atoms with van der Waals surface area (Å²) in [6, 6.07) is 0.599. The minimum Gasteiger partial charge on any atom is -0.346 e. The maximum Gasteiger partial charge on any atom is 0.315 e. The molecule has 1 aliphatic heterocycles. The minimum atomic E-state index is -3.86. The number of hydrogen-bond donors (Lipinski definition) is 4. The first-order valence-electron chi connectivity index (χ1n) is 18.0. The van der Waals surface area contributed by atoms with Gasteiger partial charge in [0.05, 0.1) is 17.3 Å². The molecule has 0 spiro atoms. The van der Waals surface area contributed by atoms with Gasteiger partial charge in [0.2, 0.25) is 17.6 Å². The number of piperidine rings is 1. The van der Waals surface area contributed by atoms with Gasteiger partial charge in [-0.05, 0) is 54.6 Å². The van der Waals surface area contributed by atoms with E-state index in [0.29, 0.717) is 12.8 Å². The zero-order valence-electron chi connectivity index (χ0n) is 31.4. The van der Waals surface area contributed by atoms with Crippen LogP contribution in [0.2, 0.25) is 0 Å². The zero-order valence-corrected chi connectivity index (χ0v) is 32.2. The number of urea groups is 1. The Morgan fingerprint density at radius 1 is 1.12 bits per heavy atom. The van der Waals surface area contributed by atoms with Gasteiger partial charge in [0.1, 0.15) is 12.1 Å². The Hall–Kier alpha value is -4.25. The lowest BCUT2D eigenvalue weighted by molar-refractivity contribution is -0.151. The molecule has 1 aromatic heterocycles. The summed E-state index contributed by atoms with van der Waals surface area (Å²) in [4.78, 5) is 73.6. The van der Waals surface area contributed by atoms with Crippen LogP contribution in [-0.4, -0.2) is 90.3 Å². The van der Waals surface area contributed by atoms with E-state index in [4.69, 9.17) is 6.42 Å². The van der Waals surface area contributed by atoms with Gasteiger partial charge in [-0.3, -0.25) is 19.2 Å². The van der Waals surface area contributed by atoms with E-state index in [-0.39, 0.29) is 54.5 Å². The lowest BCUT2D eigenvalue weighted by atomic mass is 9.71. The Bertz CT molecular complexity index is 1620. The summed E-state index contributed by atoms with van der Waals surface area (Å²) in [5.41, 5.74) is -2.29. The average molecular weight is 741 g/mol. The van der Waals surface area contributed by atoms with Crippen molar-refractivity contribution in [2.24, 2.45) is 16.7 Å². The van der Waals surface area contributed by atoms with E-state index in [1.54, 1.807) is 32.9 Å². The zero-order chi connectivity index (χ0) is 38.9. The number of likely N-dealkylation sites (tertiary alicyclic amines) is 1. The topological polar surface area (TPSA) is 184 Å². The highest BCUT2D eigenvalue weighted by molar-refractivity contribution is 7.91. The SMILES string of the molecule is C#CCCC(NC(=O)[C@@H]1CC(C)(C)C(C)CN1C(=O)[C@@H](NC(=O)NC1(CS(=O)(=O)c2ccccn2)CCCCC1)C(C)(C)C)C(=O)C(=O)NCC=C. The summed E-state index contributed by atoms with van der Waals surface area (Å²) in [5, 5.41) is 10.9. The largest absolute Gasteiger partial charge is 0.346 e. The molecule has 2 unspecified atom stereocenters. The van der Waals surface area contributed by atoms with Gasteiger partial charge < -0.3 is 26.2 Å². The third-order valence-corrected chi connectivity index (χ3v) is 12.1. The molecular weight excluding hydrogens is 685 g/mol. The number of carbonyl (C=O) groups is 5. The molecule has 0 radical (unpaired) electrons. The lowest BCUT2D eigenvalue weighted by Crippen LogP contribution is -2.66. The van der Waals surface area contributed by atoms with Crippen molar-refractivity contribution in [1.29, 1.82) is 0 Å². The Balaban J connectivity index is 1.90. The van der Waals surface area contributed by atoms with Gasteiger partial charge in [-0.25, -0.2) is 18.2 Å².